The lowest BCUT2D eigenvalue weighted by molar-refractivity contribution is 0.182. The first-order valence-electron chi connectivity index (χ1n) is 9.57. The molecule has 1 atom stereocenters. The number of hydrogen-bond acceptors (Lipinski definition) is 4. The fourth-order valence-electron chi connectivity index (χ4n) is 3.65. The molecular weight excluding hydrogens is 352 g/mol. The van der Waals surface area contributed by atoms with Crippen LogP contribution in [0, 0.1) is 13.8 Å². The Balaban J connectivity index is 1.34. The fraction of sp³-hybridized carbons (Fsp3) is 0.318. The van der Waals surface area contributed by atoms with E-state index in [2.05, 4.69) is 39.6 Å². The molecule has 2 amide bonds. The summed E-state index contributed by atoms with van der Waals surface area (Å²) in [6.07, 6.45) is 0.751. The Morgan fingerprint density at radius 3 is 2.86 bits per heavy atom. The highest BCUT2D eigenvalue weighted by molar-refractivity contribution is 5.86. The molecule has 0 aliphatic carbocycles. The van der Waals surface area contributed by atoms with Gasteiger partial charge in [0.15, 0.2) is 0 Å². The van der Waals surface area contributed by atoms with Crippen molar-refractivity contribution in [1.29, 1.82) is 0 Å². The van der Waals surface area contributed by atoms with Crippen molar-refractivity contribution in [1.82, 2.24) is 20.2 Å². The summed E-state index contributed by atoms with van der Waals surface area (Å²) in [4.78, 5) is 23.0. The molecule has 0 radical (unpaired) electrons. The van der Waals surface area contributed by atoms with Crippen LogP contribution in [0.5, 0.6) is 5.88 Å². The van der Waals surface area contributed by atoms with Crippen LogP contribution in [0.3, 0.4) is 0 Å². The molecule has 4 rings (SSSR count). The van der Waals surface area contributed by atoms with Gasteiger partial charge < -0.3 is 15.0 Å². The average molecular weight is 376 g/mol. The molecule has 6 heteroatoms. The maximum absolute atomic E-state index is 12.6. The van der Waals surface area contributed by atoms with E-state index in [1.807, 2.05) is 38.1 Å². The van der Waals surface area contributed by atoms with Crippen LogP contribution in [0.2, 0.25) is 0 Å². The third-order valence-electron chi connectivity index (χ3n) is 4.97. The molecule has 1 saturated heterocycles. The molecule has 28 heavy (non-hydrogen) atoms. The monoisotopic (exact) mass is 376 g/mol. The van der Waals surface area contributed by atoms with E-state index >= 15 is 0 Å². The molecule has 6 nitrogen and oxygen atoms in total. The zero-order valence-corrected chi connectivity index (χ0v) is 16.2. The van der Waals surface area contributed by atoms with Crippen LogP contribution in [0.15, 0.2) is 48.5 Å². The van der Waals surface area contributed by atoms with Gasteiger partial charge in [-0.25, -0.2) is 9.78 Å². The maximum atomic E-state index is 12.6. The van der Waals surface area contributed by atoms with Crippen molar-refractivity contribution < 1.29 is 9.53 Å². The predicted molar refractivity (Wildman–Crippen MR) is 108 cm³/mol. The van der Waals surface area contributed by atoms with Crippen LogP contribution in [0.4, 0.5) is 4.79 Å². The maximum Gasteiger partial charge on any atom is 0.317 e. The standard InChI is InChI=1S/C22H24N4O2/c1-15-12-21(25-16(2)24-15)28-19-10-11-26(14-19)22(27)23-13-18-8-5-7-17-6-3-4-9-20(17)18/h3-9,12,19H,10-11,13-14H2,1-2H3,(H,23,27). The SMILES string of the molecule is Cc1cc(OC2CCN(C(=O)NCc3cccc4ccccc34)C2)nc(C)n1. The number of nitrogens with one attached hydrogen (secondary N) is 1. The van der Waals surface area contributed by atoms with E-state index in [1.54, 1.807) is 4.90 Å². The summed E-state index contributed by atoms with van der Waals surface area (Å²) in [5.41, 5.74) is 2.00. The molecule has 0 bridgehead atoms. The molecule has 2 aromatic carbocycles. The lowest BCUT2D eigenvalue weighted by Gasteiger charge is -2.18. The number of rotatable bonds is 4. The van der Waals surface area contributed by atoms with Gasteiger partial charge in [0.25, 0.3) is 0 Å². The molecular formula is C22H24N4O2. The molecule has 3 aromatic rings. The first kappa shape index (κ1) is 18.2. The van der Waals surface area contributed by atoms with Gasteiger partial charge in [-0.2, -0.15) is 4.98 Å². The van der Waals surface area contributed by atoms with Gasteiger partial charge in [0.2, 0.25) is 5.88 Å². The summed E-state index contributed by atoms with van der Waals surface area (Å²) in [6, 6.07) is 16.1. The van der Waals surface area contributed by atoms with Gasteiger partial charge in [0.1, 0.15) is 11.9 Å². The molecule has 144 valence electrons. The van der Waals surface area contributed by atoms with E-state index in [4.69, 9.17) is 4.74 Å². The van der Waals surface area contributed by atoms with Crippen molar-refractivity contribution in [3.8, 4) is 5.88 Å². The highest BCUT2D eigenvalue weighted by atomic mass is 16.5. The van der Waals surface area contributed by atoms with Gasteiger partial charge in [-0.1, -0.05) is 42.5 Å². The topological polar surface area (TPSA) is 67.3 Å². The first-order valence-corrected chi connectivity index (χ1v) is 9.57. The number of urea groups is 1. The zero-order chi connectivity index (χ0) is 19.5. The molecule has 1 aliphatic rings. The Labute approximate surface area is 164 Å². The summed E-state index contributed by atoms with van der Waals surface area (Å²) in [5.74, 6) is 1.27. The van der Waals surface area contributed by atoms with E-state index in [0.29, 0.717) is 31.3 Å². The van der Waals surface area contributed by atoms with Gasteiger partial charge in [-0.3, -0.25) is 0 Å². The summed E-state index contributed by atoms with van der Waals surface area (Å²) in [5, 5.41) is 5.39. The smallest absolute Gasteiger partial charge is 0.317 e. The minimum atomic E-state index is -0.0610. The van der Waals surface area contributed by atoms with Crippen molar-refractivity contribution >= 4 is 16.8 Å². The Hall–Kier alpha value is -3.15. The van der Waals surface area contributed by atoms with Crippen LogP contribution < -0.4 is 10.1 Å². The lowest BCUT2D eigenvalue weighted by Crippen LogP contribution is -2.39. The van der Waals surface area contributed by atoms with Crippen LogP contribution in [-0.2, 0) is 6.54 Å². The number of amides is 2. The number of benzene rings is 2. The van der Waals surface area contributed by atoms with Crippen molar-refractivity contribution in [2.24, 2.45) is 0 Å². The molecule has 0 spiro atoms. The van der Waals surface area contributed by atoms with Gasteiger partial charge in [0, 0.05) is 31.3 Å². The number of ether oxygens (including phenoxy) is 1. The fourth-order valence-corrected chi connectivity index (χ4v) is 3.65. The van der Waals surface area contributed by atoms with Gasteiger partial charge >= 0.3 is 6.03 Å². The Kier molecular flexibility index (Phi) is 5.10. The summed E-state index contributed by atoms with van der Waals surface area (Å²) < 4.78 is 5.97. The van der Waals surface area contributed by atoms with Crippen LogP contribution in [-0.4, -0.2) is 40.1 Å². The predicted octanol–water partition coefficient (Wildman–Crippen LogP) is 3.61. The Morgan fingerprint density at radius 1 is 1.18 bits per heavy atom. The number of hydrogen-bond donors (Lipinski definition) is 1. The molecule has 2 heterocycles. The number of likely N-dealkylation sites (tertiary alicyclic amines) is 1. The minimum Gasteiger partial charge on any atom is -0.472 e. The molecule has 1 N–H and O–H groups in total. The zero-order valence-electron chi connectivity index (χ0n) is 16.2. The minimum absolute atomic E-state index is 0.0444. The van der Waals surface area contributed by atoms with Gasteiger partial charge in [-0.05, 0) is 30.2 Å². The largest absolute Gasteiger partial charge is 0.472 e. The quantitative estimate of drug-likeness (QED) is 0.755. The first-order chi connectivity index (χ1) is 13.6. The van der Waals surface area contributed by atoms with Crippen molar-refractivity contribution in [2.45, 2.75) is 32.9 Å². The third kappa shape index (κ3) is 4.06. The van der Waals surface area contributed by atoms with Crippen LogP contribution in [0.1, 0.15) is 23.5 Å². The summed E-state index contributed by atoms with van der Waals surface area (Å²) in [6.45, 7) is 5.51. The molecule has 1 aliphatic heterocycles. The van der Waals surface area contributed by atoms with Gasteiger partial charge in [-0.15, -0.1) is 0 Å². The highest BCUT2D eigenvalue weighted by Gasteiger charge is 2.28. The summed E-state index contributed by atoms with van der Waals surface area (Å²) >= 11 is 0. The Morgan fingerprint density at radius 2 is 2.00 bits per heavy atom. The number of fused-ring (bicyclic) bond motifs is 1. The van der Waals surface area contributed by atoms with Crippen molar-refractivity contribution in [3.63, 3.8) is 0 Å². The second-order valence-corrected chi connectivity index (χ2v) is 7.17. The van der Waals surface area contributed by atoms with Crippen molar-refractivity contribution in [3.05, 3.63) is 65.6 Å². The second-order valence-electron chi connectivity index (χ2n) is 7.17. The van der Waals surface area contributed by atoms with Crippen molar-refractivity contribution in [2.75, 3.05) is 13.1 Å². The van der Waals surface area contributed by atoms with E-state index in [1.165, 1.54) is 10.8 Å². The lowest BCUT2D eigenvalue weighted by atomic mass is 10.0. The van der Waals surface area contributed by atoms with E-state index in [-0.39, 0.29) is 12.1 Å². The normalized spacial score (nSPS) is 16.4. The number of aryl methyl sites for hydroxylation is 2. The average Bonchev–Trinajstić information content (AvgIpc) is 3.14. The number of aromatic nitrogens is 2. The van der Waals surface area contributed by atoms with E-state index < -0.39 is 0 Å². The van der Waals surface area contributed by atoms with Crippen LogP contribution >= 0.6 is 0 Å². The van der Waals surface area contributed by atoms with E-state index in [0.717, 1.165) is 17.7 Å². The highest BCUT2D eigenvalue weighted by Crippen LogP contribution is 2.20. The Bertz CT molecular complexity index is 979. The number of carbonyl (C=O) groups is 1. The van der Waals surface area contributed by atoms with E-state index in [9.17, 15) is 4.79 Å². The number of carbonyl (C=O) groups excluding carboxylic acids is 1. The van der Waals surface area contributed by atoms with Crippen LogP contribution in [0.25, 0.3) is 10.8 Å². The summed E-state index contributed by atoms with van der Waals surface area (Å²) in [7, 11) is 0. The molecule has 1 fully saturated rings. The van der Waals surface area contributed by atoms with Gasteiger partial charge in [0.05, 0.1) is 6.54 Å². The molecule has 1 aromatic heterocycles. The molecule has 0 saturated carbocycles. The molecule has 1 unspecified atom stereocenters. The second kappa shape index (κ2) is 7.84. The third-order valence-corrected chi connectivity index (χ3v) is 4.97. The number of nitrogens with zero attached hydrogens (tertiary/aromatic N) is 3.